The minimum atomic E-state index is 0.672. The summed E-state index contributed by atoms with van der Waals surface area (Å²) in [6.45, 7) is 12.7. The van der Waals surface area contributed by atoms with Gasteiger partial charge in [-0.15, -0.1) is 22.7 Å². The van der Waals surface area contributed by atoms with Gasteiger partial charge in [0, 0.05) is 29.3 Å². The van der Waals surface area contributed by atoms with Crippen LogP contribution in [0.5, 0.6) is 0 Å². The predicted molar refractivity (Wildman–Crippen MR) is 99.7 cm³/mol. The van der Waals surface area contributed by atoms with Gasteiger partial charge in [-0.2, -0.15) is 0 Å². The smallest absolute Gasteiger partial charge is 0.191 e. The molecule has 126 valence electrons. The molecule has 2 heterocycles. The Hall–Kier alpha value is -1.47. The highest BCUT2D eigenvalue weighted by atomic mass is 32.1. The number of hydrogen-bond donors (Lipinski definition) is 2. The van der Waals surface area contributed by atoms with Crippen molar-refractivity contribution < 1.29 is 0 Å². The van der Waals surface area contributed by atoms with Crippen molar-refractivity contribution in [3.63, 3.8) is 0 Å². The second-order valence-corrected chi connectivity index (χ2v) is 7.93. The van der Waals surface area contributed by atoms with Gasteiger partial charge in [0.1, 0.15) is 0 Å². The van der Waals surface area contributed by atoms with E-state index in [0.717, 1.165) is 46.9 Å². The highest BCUT2D eigenvalue weighted by molar-refractivity contribution is 7.11. The molecule has 0 atom stereocenters. The van der Waals surface area contributed by atoms with E-state index < -0.39 is 0 Å². The highest BCUT2D eigenvalue weighted by Crippen LogP contribution is 2.18. The summed E-state index contributed by atoms with van der Waals surface area (Å²) in [6.07, 6.45) is 0.973. The minimum absolute atomic E-state index is 0.672. The Morgan fingerprint density at radius 3 is 2.09 bits per heavy atom. The van der Waals surface area contributed by atoms with Gasteiger partial charge in [-0.25, -0.2) is 15.0 Å². The third-order valence-corrected chi connectivity index (χ3v) is 5.56. The van der Waals surface area contributed by atoms with Crippen LogP contribution in [0.1, 0.15) is 38.1 Å². The van der Waals surface area contributed by atoms with E-state index in [9.17, 15) is 0 Å². The van der Waals surface area contributed by atoms with E-state index in [0.29, 0.717) is 6.54 Å². The molecule has 0 aromatic carbocycles. The number of aryl methyl sites for hydroxylation is 4. The van der Waals surface area contributed by atoms with Crippen LogP contribution in [0.15, 0.2) is 4.99 Å². The average Bonchev–Trinajstić information content (AvgIpc) is 2.97. The lowest BCUT2D eigenvalue weighted by Crippen LogP contribution is -2.38. The molecule has 7 heteroatoms. The molecular formula is C16H25N5S2. The van der Waals surface area contributed by atoms with Crippen molar-refractivity contribution in [3.05, 3.63) is 31.2 Å². The maximum atomic E-state index is 4.67. The summed E-state index contributed by atoms with van der Waals surface area (Å²) in [5.41, 5.74) is 2.23. The molecule has 2 rings (SSSR count). The van der Waals surface area contributed by atoms with Gasteiger partial charge >= 0.3 is 0 Å². The normalized spacial score (nSPS) is 11.8. The summed E-state index contributed by atoms with van der Waals surface area (Å²) in [7, 11) is 0. The zero-order valence-corrected chi connectivity index (χ0v) is 16.1. The molecular weight excluding hydrogens is 326 g/mol. The first-order valence-corrected chi connectivity index (χ1v) is 9.51. The molecule has 0 fully saturated rings. The van der Waals surface area contributed by atoms with E-state index >= 15 is 0 Å². The van der Waals surface area contributed by atoms with E-state index in [4.69, 9.17) is 0 Å². The second kappa shape index (κ2) is 8.40. The van der Waals surface area contributed by atoms with E-state index in [2.05, 4.69) is 46.4 Å². The quantitative estimate of drug-likeness (QED) is 0.620. The Bertz CT molecular complexity index is 672. The number of rotatable bonds is 6. The van der Waals surface area contributed by atoms with Crippen LogP contribution in [-0.2, 0) is 13.0 Å². The van der Waals surface area contributed by atoms with Gasteiger partial charge in [0.25, 0.3) is 0 Å². The molecule has 0 radical (unpaired) electrons. The maximum Gasteiger partial charge on any atom is 0.191 e. The highest BCUT2D eigenvalue weighted by Gasteiger charge is 2.06. The molecule has 0 amide bonds. The zero-order chi connectivity index (χ0) is 16.8. The molecule has 0 aliphatic carbocycles. The van der Waals surface area contributed by atoms with Crippen molar-refractivity contribution in [3.8, 4) is 0 Å². The van der Waals surface area contributed by atoms with Crippen LogP contribution in [0, 0.1) is 27.7 Å². The molecule has 2 N–H and O–H groups in total. The molecule has 0 aliphatic rings. The molecule has 5 nitrogen and oxygen atoms in total. The van der Waals surface area contributed by atoms with Crippen LogP contribution in [0.3, 0.4) is 0 Å². The maximum absolute atomic E-state index is 4.67. The lowest BCUT2D eigenvalue weighted by atomic mass is 10.3. The SMILES string of the molecule is CCNC(=NCc1sc(C)nc1C)NCCc1sc(C)nc1C. The molecule has 0 spiro atoms. The summed E-state index contributed by atoms with van der Waals surface area (Å²) >= 11 is 3.50. The average molecular weight is 352 g/mol. The van der Waals surface area contributed by atoms with Gasteiger partial charge in [-0.1, -0.05) is 0 Å². The van der Waals surface area contributed by atoms with Gasteiger partial charge < -0.3 is 10.6 Å². The lowest BCUT2D eigenvalue weighted by Gasteiger charge is -2.10. The first-order chi connectivity index (χ1) is 11.0. The van der Waals surface area contributed by atoms with Gasteiger partial charge in [-0.05, 0) is 34.6 Å². The Labute approximate surface area is 146 Å². The number of aliphatic imine (C=N–C) groups is 1. The van der Waals surface area contributed by atoms with Gasteiger partial charge in [0.15, 0.2) is 5.96 Å². The van der Waals surface area contributed by atoms with E-state index in [1.54, 1.807) is 22.7 Å². The summed E-state index contributed by atoms with van der Waals surface area (Å²) in [5, 5.41) is 8.93. The van der Waals surface area contributed by atoms with Crippen molar-refractivity contribution >= 4 is 28.6 Å². The Balaban J connectivity index is 1.91. The van der Waals surface area contributed by atoms with Crippen LogP contribution >= 0.6 is 22.7 Å². The van der Waals surface area contributed by atoms with E-state index in [-0.39, 0.29) is 0 Å². The van der Waals surface area contributed by atoms with E-state index in [1.807, 2.05) is 13.8 Å². The van der Waals surface area contributed by atoms with Crippen molar-refractivity contribution in [2.24, 2.45) is 4.99 Å². The van der Waals surface area contributed by atoms with E-state index in [1.165, 1.54) is 9.75 Å². The molecule has 0 unspecified atom stereocenters. The number of nitrogens with zero attached hydrogens (tertiary/aromatic N) is 3. The van der Waals surface area contributed by atoms with Crippen molar-refractivity contribution in [2.45, 2.75) is 47.6 Å². The van der Waals surface area contributed by atoms with Crippen LogP contribution in [-0.4, -0.2) is 29.0 Å². The molecule has 0 saturated heterocycles. The molecule has 23 heavy (non-hydrogen) atoms. The monoisotopic (exact) mass is 351 g/mol. The number of thiazole rings is 2. The molecule has 0 saturated carbocycles. The van der Waals surface area contributed by atoms with Crippen molar-refractivity contribution in [2.75, 3.05) is 13.1 Å². The Kier molecular flexibility index (Phi) is 6.53. The number of hydrogen-bond acceptors (Lipinski definition) is 5. The summed E-state index contributed by atoms with van der Waals surface area (Å²) in [4.78, 5) is 16.2. The van der Waals surface area contributed by atoms with Gasteiger partial charge in [-0.3, -0.25) is 0 Å². The first kappa shape index (κ1) is 17.9. The number of nitrogens with one attached hydrogen (secondary N) is 2. The third-order valence-electron chi connectivity index (χ3n) is 3.37. The summed E-state index contributed by atoms with van der Waals surface area (Å²) in [6, 6.07) is 0. The fourth-order valence-corrected chi connectivity index (χ4v) is 4.11. The minimum Gasteiger partial charge on any atom is -0.357 e. The van der Waals surface area contributed by atoms with Crippen LogP contribution < -0.4 is 10.6 Å². The predicted octanol–water partition coefficient (Wildman–Crippen LogP) is 3.13. The van der Waals surface area contributed by atoms with Gasteiger partial charge in [0.05, 0.1) is 27.9 Å². The fraction of sp³-hybridized carbons (Fsp3) is 0.562. The zero-order valence-electron chi connectivity index (χ0n) is 14.5. The number of aromatic nitrogens is 2. The first-order valence-electron chi connectivity index (χ1n) is 7.87. The lowest BCUT2D eigenvalue weighted by molar-refractivity contribution is 0.802. The molecule has 0 aliphatic heterocycles. The standard InChI is InChI=1S/C16H25N5S2/c1-6-17-16(19-9-15-11(3)21-13(5)23-15)18-8-7-14-10(2)20-12(4)22-14/h6-9H2,1-5H3,(H2,17,18,19). The third kappa shape index (κ3) is 5.28. The Morgan fingerprint density at radius 1 is 0.957 bits per heavy atom. The fourth-order valence-electron chi connectivity index (χ4n) is 2.31. The summed E-state index contributed by atoms with van der Waals surface area (Å²) in [5.74, 6) is 0.858. The van der Waals surface area contributed by atoms with Gasteiger partial charge in [0.2, 0.25) is 0 Å². The Morgan fingerprint density at radius 2 is 1.57 bits per heavy atom. The van der Waals surface area contributed by atoms with Crippen LogP contribution in [0.25, 0.3) is 0 Å². The molecule has 2 aromatic heterocycles. The largest absolute Gasteiger partial charge is 0.357 e. The second-order valence-electron chi connectivity index (χ2n) is 5.35. The summed E-state index contributed by atoms with van der Waals surface area (Å²) < 4.78 is 0. The topological polar surface area (TPSA) is 62.2 Å². The van der Waals surface area contributed by atoms with Crippen LogP contribution in [0.4, 0.5) is 0 Å². The van der Waals surface area contributed by atoms with Crippen molar-refractivity contribution in [1.29, 1.82) is 0 Å². The number of guanidine groups is 1. The van der Waals surface area contributed by atoms with Crippen LogP contribution in [0.2, 0.25) is 0 Å². The molecule has 0 bridgehead atoms. The van der Waals surface area contributed by atoms with Crippen molar-refractivity contribution in [1.82, 2.24) is 20.6 Å². The molecule has 2 aromatic rings.